The molecule has 0 aromatic heterocycles. The van der Waals surface area contributed by atoms with E-state index in [1.807, 2.05) is 19.2 Å². The van der Waals surface area contributed by atoms with Gasteiger partial charge in [0.25, 0.3) is 5.91 Å². The highest BCUT2D eigenvalue weighted by atomic mass is 35.5. The van der Waals surface area contributed by atoms with Crippen LogP contribution in [0.3, 0.4) is 0 Å². The molecule has 160 valence electrons. The van der Waals surface area contributed by atoms with Crippen LogP contribution in [0.25, 0.3) is 0 Å². The minimum absolute atomic E-state index is 0.0134. The van der Waals surface area contributed by atoms with Gasteiger partial charge in [-0.05, 0) is 67.6 Å². The smallest absolute Gasteiger partial charge is 0.253 e. The Hall–Kier alpha value is -2.37. The summed E-state index contributed by atoms with van der Waals surface area (Å²) in [6.07, 6.45) is 3.31. The molecule has 6 heteroatoms. The number of hydrogen-bond donors (Lipinski definition) is 1. The van der Waals surface area contributed by atoms with Crippen molar-refractivity contribution in [2.45, 2.75) is 26.2 Å². The Labute approximate surface area is 184 Å². The highest BCUT2D eigenvalue weighted by molar-refractivity contribution is 6.30. The Balaban J connectivity index is 1.51. The highest BCUT2D eigenvalue weighted by Gasteiger charge is 2.23. The summed E-state index contributed by atoms with van der Waals surface area (Å²) < 4.78 is 0. The number of carbonyl (C=O) groups is 2. The topological polar surface area (TPSA) is 52.7 Å². The molecule has 3 rings (SSSR count). The Morgan fingerprint density at radius 3 is 2.70 bits per heavy atom. The van der Waals surface area contributed by atoms with Gasteiger partial charge in [0.05, 0.1) is 0 Å². The first kappa shape index (κ1) is 22.3. The number of anilines is 1. The third-order valence-electron chi connectivity index (χ3n) is 5.54. The summed E-state index contributed by atoms with van der Waals surface area (Å²) in [7, 11) is 1.86. The fourth-order valence-electron chi connectivity index (χ4n) is 4.07. The maximum Gasteiger partial charge on any atom is 0.253 e. The molecule has 1 aliphatic rings. The molecule has 1 heterocycles. The largest absolute Gasteiger partial charge is 0.341 e. The Bertz CT molecular complexity index is 869. The van der Waals surface area contributed by atoms with E-state index in [1.165, 1.54) is 12.5 Å². The molecule has 1 atom stereocenters. The Kier molecular flexibility index (Phi) is 7.88. The van der Waals surface area contributed by atoms with Gasteiger partial charge in [-0.2, -0.15) is 0 Å². The molecule has 30 heavy (non-hydrogen) atoms. The minimum Gasteiger partial charge on any atom is -0.341 e. The number of rotatable bonds is 7. The highest BCUT2D eigenvalue weighted by Crippen LogP contribution is 2.20. The molecule has 2 aromatic rings. The number of hydrogen-bond acceptors (Lipinski definition) is 3. The van der Waals surface area contributed by atoms with Crippen molar-refractivity contribution in [1.29, 1.82) is 0 Å². The van der Waals surface area contributed by atoms with Crippen LogP contribution in [0.15, 0.2) is 48.5 Å². The predicted molar refractivity (Wildman–Crippen MR) is 122 cm³/mol. The van der Waals surface area contributed by atoms with E-state index in [4.69, 9.17) is 11.6 Å². The molecule has 1 fully saturated rings. The fourth-order valence-corrected chi connectivity index (χ4v) is 4.19. The minimum atomic E-state index is -0.145. The van der Waals surface area contributed by atoms with Crippen molar-refractivity contribution in [2.24, 2.45) is 5.92 Å². The summed E-state index contributed by atoms with van der Waals surface area (Å²) in [5.74, 6) is 0.311. The van der Waals surface area contributed by atoms with Gasteiger partial charge in [0.15, 0.2) is 0 Å². The molecule has 1 saturated heterocycles. The fraction of sp³-hybridized carbons (Fsp3) is 0.417. The number of amides is 2. The molecular formula is C24H30ClN3O2. The van der Waals surface area contributed by atoms with E-state index in [2.05, 4.69) is 22.3 Å². The van der Waals surface area contributed by atoms with E-state index in [9.17, 15) is 9.59 Å². The second kappa shape index (κ2) is 10.6. The average molecular weight is 428 g/mol. The summed E-state index contributed by atoms with van der Waals surface area (Å²) >= 11 is 5.97. The van der Waals surface area contributed by atoms with Crippen LogP contribution in [0, 0.1) is 5.92 Å². The zero-order chi connectivity index (χ0) is 21.5. The van der Waals surface area contributed by atoms with Crippen molar-refractivity contribution < 1.29 is 9.59 Å². The summed E-state index contributed by atoms with van der Waals surface area (Å²) in [6.45, 7) is 5.34. The number of benzene rings is 2. The maximum absolute atomic E-state index is 12.9. The molecule has 1 aliphatic heterocycles. The summed E-state index contributed by atoms with van der Waals surface area (Å²) in [6, 6.07) is 15.2. The van der Waals surface area contributed by atoms with Gasteiger partial charge < -0.3 is 15.1 Å². The normalized spacial score (nSPS) is 16.8. The van der Waals surface area contributed by atoms with Gasteiger partial charge in [0, 0.05) is 49.9 Å². The zero-order valence-electron chi connectivity index (χ0n) is 17.7. The van der Waals surface area contributed by atoms with Gasteiger partial charge in [-0.3, -0.25) is 9.59 Å². The van der Waals surface area contributed by atoms with Crippen molar-refractivity contribution in [3.8, 4) is 0 Å². The monoisotopic (exact) mass is 427 g/mol. The number of nitrogens with one attached hydrogen (secondary N) is 1. The van der Waals surface area contributed by atoms with Crippen molar-refractivity contribution in [3.63, 3.8) is 0 Å². The van der Waals surface area contributed by atoms with Crippen LogP contribution in [0.5, 0.6) is 0 Å². The number of carbonyl (C=O) groups excluding carboxylic acids is 2. The van der Waals surface area contributed by atoms with Crippen molar-refractivity contribution in [3.05, 3.63) is 64.7 Å². The second-order valence-electron chi connectivity index (χ2n) is 8.13. The molecule has 0 radical (unpaired) electrons. The van der Waals surface area contributed by atoms with E-state index in [0.29, 0.717) is 17.2 Å². The third kappa shape index (κ3) is 6.57. The lowest BCUT2D eigenvalue weighted by molar-refractivity contribution is -0.114. The van der Waals surface area contributed by atoms with Gasteiger partial charge in [-0.25, -0.2) is 0 Å². The van der Waals surface area contributed by atoms with Crippen molar-refractivity contribution in [1.82, 2.24) is 9.80 Å². The molecule has 0 spiro atoms. The molecule has 5 nitrogen and oxygen atoms in total. The standard InChI is InChI=1S/C24H30ClN3O2/c1-18(29)26-23-7-3-6-21(15-23)24(30)27(2)16-20-5-4-13-28(17-20)14-12-19-8-10-22(25)11-9-19/h3,6-11,15,20H,4-5,12-14,16-17H2,1-2H3,(H,26,29)/t20-/m0/s1. The molecule has 0 bridgehead atoms. The van der Waals surface area contributed by atoms with Crippen LogP contribution in [0.2, 0.25) is 5.02 Å². The van der Waals surface area contributed by atoms with E-state index in [-0.39, 0.29) is 11.8 Å². The summed E-state index contributed by atoms with van der Waals surface area (Å²) in [4.78, 5) is 28.4. The number of nitrogens with zero attached hydrogens (tertiary/aromatic N) is 2. The summed E-state index contributed by atoms with van der Waals surface area (Å²) in [5, 5.41) is 3.50. The van der Waals surface area contributed by atoms with Crippen LogP contribution in [-0.4, -0.2) is 54.8 Å². The maximum atomic E-state index is 12.9. The van der Waals surface area contributed by atoms with E-state index >= 15 is 0 Å². The van der Waals surface area contributed by atoms with Gasteiger partial charge in [-0.15, -0.1) is 0 Å². The molecule has 0 aliphatic carbocycles. The molecule has 2 amide bonds. The van der Waals surface area contributed by atoms with Crippen molar-refractivity contribution in [2.75, 3.05) is 38.5 Å². The lowest BCUT2D eigenvalue weighted by Gasteiger charge is -2.34. The van der Waals surface area contributed by atoms with Gasteiger partial charge in [0.2, 0.25) is 5.91 Å². The SMILES string of the molecule is CC(=O)Nc1cccc(C(=O)N(C)C[C@@H]2CCCN(CCc3ccc(Cl)cc3)C2)c1. The van der Waals surface area contributed by atoms with Crippen LogP contribution >= 0.6 is 11.6 Å². The zero-order valence-corrected chi connectivity index (χ0v) is 18.5. The van der Waals surface area contributed by atoms with Crippen LogP contribution < -0.4 is 5.32 Å². The second-order valence-corrected chi connectivity index (χ2v) is 8.57. The van der Waals surface area contributed by atoms with Crippen molar-refractivity contribution >= 4 is 29.1 Å². The molecule has 2 aromatic carbocycles. The summed E-state index contributed by atoms with van der Waals surface area (Å²) in [5.41, 5.74) is 2.54. The predicted octanol–water partition coefficient (Wildman–Crippen LogP) is 4.33. The van der Waals surface area contributed by atoms with E-state index in [0.717, 1.165) is 50.5 Å². The quantitative estimate of drug-likeness (QED) is 0.715. The van der Waals surface area contributed by atoms with Crippen LogP contribution in [-0.2, 0) is 11.2 Å². The first-order valence-electron chi connectivity index (χ1n) is 10.5. The lowest BCUT2D eigenvalue weighted by atomic mass is 9.96. The number of likely N-dealkylation sites (tertiary alicyclic amines) is 1. The van der Waals surface area contributed by atoms with E-state index < -0.39 is 0 Å². The average Bonchev–Trinajstić information content (AvgIpc) is 2.73. The van der Waals surface area contributed by atoms with Crippen LogP contribution in [0.4, 0.5) is 5.69 Å². The number of halogens is 1. The Morgan fingerprint density at radius 1 is 1.20 bits per heavy atom. The Morgan fingerprint density at radius 2 is 1.97 bits per heavy atom. The van der Waals surface area contributed by atoms with Crippen LogP contribution in [0.1, 0.15) is 35.7 Å². The third-order valence-corrected chi connectivity index (χ3v) is 5.79. The lowest BCUT2D eigenvalue weighted by Crippen LogP contribution is -2.42. The van der Waals surface area contributed by atoms with E-state index in [1.54, 1.807) is 29.2 Å². The first-order valence-corrected chi connectivity index (χ1v) is 10.9. The first-order chi connectivity index (χ1) is 14.4. The molecule has 1 N–H and O–H groups in total. The molecule has 0 unspecified atom stereocenters. The van der Waals surface area contributed by atoms with Gasteiger partial charge >= 0.3 is 0 Å². The molecule has 0 saturated carbocycles. The van der Waals surface area contributed by atoms with Gasteiger partial charge in [-0.1, -0.05) is 29.8 Å². The number of piperidine rings is 1. The van der Waals surface area contributed by atoms with Gasteiger partial charge in [0.1, 0.15) is 0 Å². The molecular weight excluding hydrogens is 398 g/mol.